The van der Waals surface area contributed by atoms with Crippen LogP contribution in [-0.4, -0.2) is 24.2 Å². The quantitative estimate of drug-likeness (QED) is 0.878. The van der Waals surface area contributed by atoms with Gasteiger partial charge in [-0.3, -0.25) is 0 Å². The highest BCUT2D eigenvalue weighted by Crippen LogP contribution is 2.31. The molecule has 1 aliphatic rings. The number of nitrogen functional groups attached to an aromatic ring is 1. The van der Waals surface area contributed by atoms with Crippen LogP contribution in [0.1, 0.15) is 12.8 Å². The van der Waals surface area contributed by atoms with Crippen molar-refractivity contribution in [2.24, 2.45) is 0 Å². The van der Waals surface area contributed by atoms with Crippen molar-refractivity contribution in [2.75, 3.05) is 18.2 Å². The summed E-state index contributed by atoms with van der Waals surface area (Å²) in [6, 6.07) is 1.94. The lowest BCUT2D eigenvalue weighted by Crippen LogP contribution is -2.40. The second kappa shape index (κ2) is 4.65. The summed E-state index contributed by atoms with van der Waals surface area (Å²) in [5.41, 5.74) is 5.61. The van der Waals surface area contributed by atoms with Gasteiger partial charge in [-0.05, 0) is 18.9 Å². The smallest absolute Gasteiger partial charge is 0.147 e. The highest BCUT2D eigenvalue weighted by atomic mass is 35.5. The second-order valence-corrected chi connectivity index (χ2v) is 4.67. The minimum Gasteiger partial charge on any atom is -0.382 e. The molecule has 0 aromatic carbocycles. The van der Waals surface area contributed by atoms with Crippen LogP contribution < -0.4 is 11.1 Å². The number of aromatic nitrogens is 1. The molecule has 1 aromatic heterocycles. The van der Waals surface area contributed by atoms with Gasteiger partial charge >= 0.3 is 0 Å². The summed E-state index contributed by atoms with van der Waals surface area (Å²) in [5.74, 6) is 0.874. The third kappa shape index (κ3) is 2.34. The van der Waals surface area contributed by atoms with Gasteiger partial charge in [0.2, 0.25) is 0 Å². The van der Waals surface area contributed by atoms with E-state index in [2.05, 4.69) is 10.3 Å². The van der Waals surface area contributed by atoms with Gasteiger partial charge in [0.05, 0.1) is 16.1 Å². The first-order valence-electron chi connectivity index (χ1n) is 5.01. The number of nitrogens with two attached hydrogens (primary N) is 1. The Morgan fingerprint density at radius 3 is 2.75 bits per heavy atom. The summed E-state index contributed by atoms with van der Waals surface area (Å²) in [7, 11) is 1.71. The predicted molar refractivity (Wildman–Crippen MR) is 66.1 cm³/mol. The molecule has 0 atom stereocenters. The highest BCUT2D eigenvalue weighted by Gasteiger charge is 2.29. The van der Waals surface area contributed by atoms with E-state index in [1.807, 2.05) is 0 Å². The first-order chi connectivity index (χ1) is 7.60. The maximum atomic E-state index is 6.00. The lowest BCUT2D eigenvalue weighted by atomic mass is 9.89. The molecule has 6 heteroatoms. The number of anilines is 2. The molecule has 0 aliphatic heterocycles. The van der Waals surface area contributed by atoms with Crippen molar-refractivity contribution >= 4 is 34.8 Å². The molecule has 1 fully saturated rings. The zero-order chi connectivity index (χ0) is 11.7. The molecule has 0 unspecified atom stereocenters. The van der Waals surface area contributed by atoms with Crippen LogP contribution in [0.3, 0.4) is 0 Å². The monoisotopic (exact) mass is 261 g/mol. The molecule has 0 spiro atoms. The molecule has 4 nitrogen and oxygen atoms in total. The number of nitrogens with one attached hydrogen (secondary N) is 1. The minimum absolute atomic E-state index is 0.288. The van der Waals surface area contributed by atoms with E-state index < -0.39 is 0 Å². The van der Waals surface area contributed by atoms with E-state index in [0.717, 1.165) is 12.8 Å². The molecular formula is C10H13Cl2N3O. The average molecular weight is 262 g/mol. The number of halogens is 2. The fraction of sp³-hybridized carbons (Fsp3) is 0.500. The van der Waals surface area contributed by atoms with Crippen molar-refractivity contribution in [2.45, 2.75) is 25.0 Å². The summed E-state index contributed by atoms with van der Waals surface area (Å²) < 4.78 is 5.19. The maximum absolute atomic E-state index is 6.00. The topological polar surface area (TPSA) is 60.2 Å². The third-order valence-corrected chi connectivity index (χ3v) is 3.32. The van der Waals surface area contributed by atoms with E-state index in [4.69, 9.17) is 33.7 Å². The number of methoxy groups -OCH3 is 1. The molecule has 1 aliphatic carbocycles. The van der Waals surface area contributed by atoms with Crippen molar-refractivity contribution in [3.63, 3.8) is 0 Å². The summed E-state index contributed by atoms with van der Waals surface area (Å²) in [5, 5.41) is 4.08. The van der Waals surface area contributed by atoms with E-state index in [1.165, 1.54) is 0 Å². The van der Waals surface area contributed by atoms with Crippen LogP contribution in [0.15, 0.2) is 6.07 Å². The molecule has 1 heterocycles. The Hall–Kier alpha value is -0.710. The Morgan fingerprint density at radius 1 is 1.44 bits per heavy atom. The summed E-state index contributed by atoms with van der Waals surface area (Å²) in [6.07, 6.45) is 2.24. The van der Waals surface area contributed by atoms with Crippen LogP contribution in [0.4, 0.5) is 11.6 Å². The SMILES string of the molecule is COC1CC(Nc2nc(N)c(Cl)cc2Cl)C1. The van der Waals surface area contributed by atoms with Gasteiger partial charge in [0.15, 0.2) is 0 Å². The number of hydrogen-bond donors (Lipinski definition) is 2. The van der Waals surface area contributed by atoms with Crippen LogP contribution in [0, 0.1) is 0 Å². The highest BCUT2D eigenvalue weighted by molar-refractivity contribution is 6.37. The maximum Gasteiger partial charge on any atom is 0.147 e. The van der Waals surface area contributed by atoms with Crippen molar-refractivity contribution in [1.29, 1.82) is 0 Å². The Balaban J connectivity index is 2.02. The van der Waals surface area contributed by atoms with E-state index in [-0.39, 0.29) is 5.82 Å². The zero-order valence-corrected chi connectivity index (χ0v) is 10.3. The lowest BCUT2D eigenvalue weighted by molar-refractivity contribution is 0.0328. The summed E-state index contributed by atoms with van der Waals surface area (Å²) in [6.45, 7) is 0. The molecule has 1 aromatic rings. The standard InChI is InChI=1S/C10H13Cl2N3O/c1-16-6-2-5(3-6)14-10-8(12)4-7(11)9(13)15-10/h4-6H,2-3H2,1H3,(H3,13,14,15). The number of ether oxygens (including phenoxy) is 1. The Bertz CT molecular complexity index is 394. The fourth-order valence-corrected chi connectivity index (χ4v) is 2.06. The van der Waals surface area contributed by atoms with E-state index in [0.29, 0.717) is 28.0 Å². The van der Waals surface area contributed by atoms with Crippen molar-refractivity contribution in [1.82, 2.24) is 4.98 Å². The molecule has 3 N–H and O–H groups in total. The summed E-state index contributed by atoms with van der Waals surface area (Å²) >= 11 is 11.8. The minimum atomic E-state index is 0.288. The first kappa shape index (κ1) is 11.8. The zero-order valence-electron chi connectivity index (χ0n) is 8.84. The number of pyridine rings is 1. The Labute approximate surface area is 104 Å². The fourth-order valence-electron chi connectivity index (χ4n) is 1.65. The summed E-state index contributed by atoms with van der Waals surface area (Å²) in [4.78, 5) is 4.11. The second-order valence-electron chi connectivity index (χ2n) is 3.86. The number of nitrogens with zero attached hydrogens (tertiary/aromatic N) is 1. The van der Waals surface area contributed by atoms with Gasteiger partial charge in [-0.15, -0.1) is 0 Å². The van der Waals surface area contributed by atoms with Crippen molar-refractivity contribution in [3.8, 4) is 0 Å². The largest absolute Gasteiger partial charge is 0.382 e. The van der Waals surface area contributed by atoms with Crippen LogP contribution in [0.2, 0.25) is 10.0 Å². The van der Waals surface area contributed by atoms with Crippen LogP contribution >= 0.6 is 23.2 Å². The Morgan fingerprint density at radius 2 is 2.12 bits per heavy atom. The van der Waals surface area contributed by atoms with Gasteiger partial charge in [-0.1, -0.05) is 23.2 Å². The molecule has 2 rings (SSSR count). The third-order valence-electron chi connectivity index (χ3n) is 2.73. The molecule has 0 saturated heterocycles. The molecule has 88 valence electrons. The van der Waals surface area contributed by atoms with Gasteiger partial charge in [-0.2, -0.15) is 0 Å². The van der Waals surface area contributed by atoms with E-state index in [9.17, 15) is 0 Å². The van der Waals surface area contributed by atoms with Crippen LogP contribution in [0.5, 0.6) is 0 Å². The number of hydrogen-bond acceptors (Lipinski definition) is 4. The Kier molecular flexibility index (Phi) is 3.42. The predicted octanol–water partition coefficient (Wildman–Crippen LogP) is 2.56. The molecule has 0 bridgehead atoms. The van der Waals surface area contributed by atoms with Crippen LogP contribution in [0.25, 0.3) is 0 Å². The lowest BCUT2D eigenvalue weighted by Gasteiger charge is -2.35. The van der Waals surface area contributed by atoms with E-state index in [1.54, 1.807) is 13.2 Å². The molecule has 0 amide bonds. The van der Waals surface area contributed by atoms with E-state index >= 15 is 0 Å². The normalized spacial score (nSPS) is 23.9. The number of rotatable bonds is 3. The van der Waals surface area contributed by atoms with Gasteiger partial charge in [0.25, 0.3) is 0 Å². The van der Waals surface area contributed by atoms with Crippen molar-refractivity contribution < 1.29 is 4.74 Å². The van der Waals surface area contributed by atoms with Gasteiger partial charge in [-0.25, -0.2) is 4.98 Å². The van der Waals surface area contributed by atoms with Gasteiger partial charge in [0.1, 0.15) is 11.6 Å². The molecule has 16 heavy (non-hydrogen) atoms. The molecular weight excluding hydrogens is 249 g/mol. The van der Waals surface area contributed by atoms with Crippen molar-refractivity contribution in [3.05, 3.63) is 16.1 Å². The van der Waals surface area contributed by atoms with Gasteiger partial charge < -0.3 is 15.8 Å². The van der Waals surface area contributed by atoms with Gasteiger partial charge in [0, 0.05) is 13.2 Å². The first-order valence-corrected chi connectivity index (χ1v) is 5.76. The molecule has 0 radical (unpaired) electrons. The average Bonchev–Trinajstić information content (AvgIpc) is 2.18. The molecule has 1 saturated carbocycles. The van der Waals surface area contributed by atoms with Crippen LogP contribution in [-0.2, 0) is 4.74 Å².